The topological polar surface area (TPSA) is 53.2 Å². The molecule has 2 aromatic carbocycles. The molecular formula is C16H11BrFNO2. The van der Waals surface area contributed by atoms with E-state index in [2.05, 4.69) is 15.9 Å². The molecule has 0 radical (unpaired) electrons. The first-order chi connectivity index (χ1) is 10.1. The van der Waals surface area contributed by atoms with Crippen LogP contribution in [0.5, 0.6) is 11.5 Å². The minimum Gasteiger partial charge on any atom is -0.504 e. The second kappa shape index (κ2) is 6.42. The largest absolute Gasteiger partial charge is 0.504 e. The van der Waals surface area contributed by atoms with Gasteiger partial charge in [0.1, 0.15) is 5.82 Å². The fourth-order valence-electron chi connectivity index (χ4n) is 1.84. The van der Waals surface area contributed by atoms with E-state index in [9.17, 15) is 14.8 Å². The van der Waals surface area contributed by atoms with Crippen LogP contribution in [0.25, 0.3) is 11.6 Å². The standard InChI is InChI=1S/C16H11BrFNO2/c1-21-16-7-10(13(17)8-15(16)20)6-11(9-19)12-4-2-3-5-14(12)18/h2-8,20H,1H3. The Hall–Kier alpha value is -2.32. The number of hydrogen-bond donors (Lipinski definition) is 1. The van der Waals surface area contributed by atoms with Crippen LogP contribution in [0.15, 0.2) is 40.9 Å². The molecule has 21 heavy (non-hydrogen) atoms. The summed E-state index contributed by atoms with van der Waals surface area (Å²) in [5, 5.41) is 18.9. The number of hydrogen-bond acceptors (Lipinski definition) is 3. The van der Waals surface area contributed by atoms with Gasteiger partial charge in [0.25, 0.3) is 0 Å². The molecule has 0 bridgehead atoms. The highest BCUT2D eigenvalue weighted by Gasteiger charge is 2.10. The number of nitrogens with zero attached hydrogens (tertiary/aromatic N) is 1. The minimum absolute atomic E-state index is 0.0223. The van der Waals surface area contributed by atoms with Crippen LogP contribution in [0.3, 0.4) is 0 Å². The highest BCUT2D eigenvalue weighted by atomic mass is 79.9. The summed E-state index contributed by atoms with van der Waals surface area (Å²) in [7, 11) is 1.43. The van der Waals surface area contributed by atoms with E-state index in [0.29, 0.717) is 10.0 Å². The van der Waals surface area contributed by atoms with Crippen molar-refractivity contribution < 1.29 is 14.2 Å². The molecule has 2 rings (SSSR count). The molecule has 2 aromatic rings. The third-order valence-corrected chi connectivity index (χ3v) is 3.57. The van der Waals surface area contributed by atoms with Crippen molar-refractivity contribution in [3.8, 4) is 17.6 Å². The average Bonchev–Trinajstić information content (AvgIpc) is 2.47. The first-order valence-electron chi connectivity index (χ1n) is 6.00. The number of ether oxygens (including phenoxy) is 1. The molecule has 0 heterocycles. The minimum atomic E-state index is -0.466. The number of phenols is 1. The molecule has 5 heteroatoms. The second-order valence-corrected chi connectivity index (χ2v) is 5.05. The van der Waals surface area contributed by atoms with E-state index in [1.165, 1.54) is 31.4 Å². The normalized spacial score (nSPS) is 11.0. The smallest absolute Gasteiger partial charge is 0.161 e. The average molecular weight is 348 g/mol. The van der Waals surface area contributed by atoms with E-state index in [1.54, 1.807) is 18.2 Å². The quantitative estimate of drug-likeness (QED) is 0.662. The van der Waals surface area contributed by atoms with Crippen molar-refractivity contribution in [3.63, 3.8) is 0 Å². The monoisotopic (exact) mass is 347 g/mol. The van der Waals surface area contributed by atoms with Gasteiger partial charge in [-0.25, -0.2) is 4.39 Å². The Bertz CT molecular complexity index is 750. The van der Waals surface area contributed by atoms with Gasteiger partial charge in [-0.1, -0.05) is 34.1 Å². The van der Waals surface area contributed by atoms with Crippen molar-refractivity contribution >= 4 is 27.6 Å². The third kappa shape index (κ3) is 3.23. The molecule has 1 N–H and O–H groups in total. The Morgan fingerprint density at radius 1 is 1.38 bits per heavy atom. The summed E-state index contributed by atoms with van der Waals surface area (Å²) in [4.78, 5) is 0. The molecule has 106 valence electrons. The summed E-state index contributed by atoms with van der Waals surface area (Å²) in [5.74, 6) is -0.214. The van der Waals surface area contributed by atoms with Gasteiger partial charge in [0, 0.05) is 10.0 Å². The molecule has 0 saturated carbocycles. The molecule has 0 fully saturated rings. The summed E-state index contributed by atoms with van der Waals surface area (Å²) in [6.45, 7) is 0. The van der Waals surface area contributed by atoms with Crippen molar-refractivity contribution in [3.05, 3.63) is 57.8 Å². The number of benzene rings is 2. The summed E-state index contributed by atoms with van der Waals surface area (Å²) in [6, 6.07) is 11.1. The molecule has 0 aliphatic carbocycles. The number of halogens is 2. The zero-order valence-corrected chi connectivity index (χ0v) is 12.7. The first kappa shape index (κ1) is 15.1. The predicted molar refractivity (Wildman–Crippen MR) is 82.2 cm³/mol. The van der Waals surface area contributed by atoms with Crippen molar-refractivity contribution in [2.45, 2.75) is 0 Å². The maximum absolute atomic E-state index is 13.8. The molecule has 0 aromatic heterocycles. The molecule has 0 saturated heterocycles. The van der Waals surface area contributed by atoms with Crippen molar-refractivity contribution in [1.29, 1.82) is 5.26 Å². The third-order valence-electron chi connectivity index (χ3n) is 2.88. The Kier molecular flexibility index (Phi) is 4.61. The molecule has 0 aliphatic rings. The maximum atomic E-state index is 13.8. The van der Waals surface area contributed by atoms with Crippen LogP contribution in [-0.4, -0.2) is 12.2 Å². The molecular weight excluding hydrogens is 337 g/mol. The Morgan fingerprint density at radius 3 is 2.71 bits per heavy atom. The van der Waals surface area contributed by atoms with Gasteiger partial charge in [-0.3, -0.25) is 0 Å². The van der Waals surface area contributed by atoms with Crippen LogP contribution in [0.1, 0.15) is 11.1 Å². The predicted octanol–water partition coefficient (Wildman–Crippen LogP) is 4.37. The summed E-state index contributed by atoms with van der Waals surface area (Å²) < 4.78 is 19.4. The van der Waals surface area contributed by atoms with Gasteiger partial charge in [0.2, 0.25) is 0 Å². The van der Waals surface area contributed by atoms with Crippen molar-refractivity contribution in [1.82, 2.24) is 0 Å². The highest BCUT2D eigenvalue weighted by molar-refractivity contribution is 9.10. The Balaban J connectivity index is 2.56. The fraction of sp³-hybridized carbons (Fsp3) is 0.0625. The number of aromatic hydroxyl groups is 1. The maximum Gasteiger partial charge on any atom is 0.161 e. The fourth-order valence-corrected chi connectivity index (χ4v) is 2.28. The summed E-state index contributed by atoms with van der Waals surface area (Å²) in [5.41, 5.74) is 1.00. The molecule has 0 amide bonds. The van der Waals surface area contributed by atoms with Gasteiger partial charge in [-0.05, 0) is 29.8 Å². The van der Waals surface area contributed by atoms with Crippen LogP contribution >= 0.6 is 15.9 Å². The second-order valence-electron chi connectivity index (χ2n) is 4.20. The summed E-state index contributed by atoms with van der Waals surface area (Å²) >= 11 is 3.30. The highest BCUT2D eigenvalue weighted by Crippen LogP contribution is 2.34. The van der Waals surface area contributed by atoms with Crippen molar-refractivity contribution in [2.24, 2.45) is 0 Å². The zero-order valence-electron chi connectivity index (χ0n) is 11.1. The van der Waals surface area contributed by atoms with Crippen LogP contribution in [0.2, 0.25) is 0 Å². The number of allylic oxidation sites excluding steroid dienone is 1. The van der Waals surface area contributed by atoms with Gasteiger partial charge in [-0.15, -0.1) is 0 Å². The van der Waals surface area contributed by atoms with Crippen LogP contribution in [0.4, 0.5) is 4.39 Å². The van der Waals surface area contributed by atoms with E-state index in [-0.39, 0.29) is 22.6 Å². The van der Waals surface area contributed by atoms with Gasteiger partial charge in [-0.2, -0.15) is 5.26 Å². The van der Waals surface area contributed by atoms with Gasteiger partial charge < -0.3 is 9.84 Å². The zero-order chi connectivity index (χ0) is 15.4. The number of nitriles is 1. The molecule has 3 nitrogen and oxygen atoms in total. The lowest BCUT2D eigenvalue weighted by atomic mass is 10.0. The van der Waals surface area contributed by atoms with Crippen LogP contribution < -0.4 is 4.74 Å². The lowest BCUT2D eigenvalue weighted by Crippen LogP contribution is -1.89. The Morgan fingerprint density at radius 2 is 2.10 bits per heavy atom. The number of phenolic OH excluding ortho intramolecular Hbond substituents is 1. The van der Waals surface area contributed by atoms with E-state index < -0.39 is 5.82 Å². The van der Waals surface area contributed by atoms with E-state index in [0.717, 1.165) is 0 Å². The lowest BCUT2D eigenvalue weighted by molar-refractivity contribution is 0.373. The number of methoxy groups -OCH3 is 1. The van der Waals surface area contributed by atoms with Crippen molar-refractivity contribution in [2.75, 3.05) is 7.11 Å². The van der Waals surface area contributed by atoms with Crippen LogP contribution in [0, 0.1) is 17.1 Å². The van der Waals surface area contributed by atoms with Gasteiger partial charge in [0.15, 0.2) is 11.5 Å². The number of rotatable bonds is 3. The first-order valence-corrected chi connectivity index (χ1v) is 6.79. The Labute approximate surface area is 130 Å². The van der Waals surface area contributed by atoms with E-state index in [1.807, 2.05) is 6.07 Å². The van der Waals surface area contributed by atoms with E-state index in [4.69, 9.17) is 4.74 Å². The molecule has 0 atom stereocenters. The SMILES string of the molecule is COc1cc(C=C(C#N)c2ccccc2F)c(Br)cc1O. The molecule has 0 aliphatic heterocycles. The van der Waals surface area contributed by atoms with Gasteiger partial charge >= 0.3 is 0 Å². The van der Waals surface area contributed by atoms with Crippen LogP contribution in [-0.2, 0) is 0 Å². The molecule has 0 unspecified atom stereocenters. The summed E-state index contributed by atoms with van der Waals surface area (Å²) in [6.07, 6.45) is 1.53. The lowest BCUT2D eigenvalue weighted by Gasteiger charge is -2.07. The molecule has 0 spiro atoms. The van der Waals surface area contributed by atoms with Gasteiger partial charge in [0.05, 0.1) is 18.8 Å². The van der Waals surface area contributed by atoms with E-state index >= 15 is 0 Å².